The predicted octanol–water partition coefficient (Wildman–Crippen LogP) is 2.21. The minimum atomic E-state index is 0. The van der Waals surface area contributed by atoms with Gasteiger partial charge in [-0.1, -0.05) is 24.3 Å². The molecule has 2 N–H and O–H groups in total. The van der Waals surface area contributed by atoms with Gasteiger partial charge in [-0.3, -0.25) is 0 Å². The second-order valence-corrected chi connectivity index (χ2v) is 4.32. The highest BCUT2D eigenvalue weighted by atomic mass is 35.5. The van der Waals surface area contributed by atoms with Gasteiger partial charge in [-0.2, -0.15) is 0 Å². The first kappa shape index (κ1) is 10.9. The average Bonchev–Trinajstić information content (AvgIpc) is 2.23. The normalized spacial score (nSPS) is 32.7. The second kappa shape index (κ2) is 4.12. The summed E-state index contributed by atoms with van der Waals surface area (Å²) in [6.45, 7) is 0. The molecular formula is C12H16ClNO. The molecule has 15 heavy (non-hydrogen) atoms. The summed E-state index contributed by atoms with van der Waals surface area (Å²) in [6.07, 6.45) is 3.85. The summed E-state index contributed by atoms with van der Waals surface area (Å²) in [5, 5.41) is 0. The topological polar surface area (TPSA) is 35.2 Å². The summed E-state index contributed by atoms with van der Waals surface area (Å²) in [5.41, 5.74) is 8.83. The largest absolute Gasteiger partial charge is 0.368 e. The second-order valence-electron chi connectivity index (χ2n) is 4.32. The molecular weight excluding hydrogens is 210 g/mol. The third-order valence-electron chi connectivity index (χ3n) is 3.36. The highest BCUT2D eigenvalue weighted by Crippen LogP contribution is 2.38. The smallest absolute Gasteiger partial charge is 0.0982 e. The first-order valence-electron chi connectivity index (χ1n) is 5.33. The minimum absolute atomic E-state index is 0. The van der Waals surface area contributed by atoms with E-state index in [1.165, 1.54) is 11.1 Å². The van der Waals surface area contributed by atoms with Gasteiger partial charge in [-0.15, -0.1) is 12.4 Å². The highest BCUT2D eigenvalue weighted by molar-refractivity contribution is 5.85. The summed E-state index contributed by atoms with van der Waals surface area (Å²) in [6, 6.07) is 8.72. The van der Waals surface area contributed by atoms with Crippen LogP contribution in [0, 0.1) is 0 Å². The quantitative estimate of drug-likeness (QED) is 0.735. The fourth-order valence-electron chi connectivity index (χ4n) is 2.60. The highest BCUT2D eigenvalue weighted by Gasteiger charge is 2.35. The molecule has 82 valence electrons. The number of nitrogens with two attached hydrogens (primary N) is 1. The van der Waals surface area contributed by atoms with Crippen molar-refractivity contribution in [2.24, 2.45) is 5.73 Å². The van der Waals surface area contributed by atoms with E-state index in [1.54, 1.807) is 0 Å². The van der Waals surface area contributed by atoms with Crippen molar-refractivity contribution < 1.29 is 4.74 Å². The molecule has 2 heterocycles. The van der Waals surface area contributed by atoms with Crippen molar-refractivity contribution in [3.8, 4) is 0 Å². The van der Waals surface area contributed by atoms with Gasteiger partial charge in [0.2, 0.25) is 0 Å². The van der Waals surface area contributed by atoms with Gasteiger partial charge in [0, 0.05) is 6.04 Å². The lowest BCUT2D eigenvalue weighted by Crippen LogP contribution is -2.42. The number of ether oxygens (including phenoxy) is 1. The zero-order valence-corrected chi connectivity index (χ0v) is 9.37. The van der Waals surface area contributed by atoms with Crippen molar-refractivity contribution in [2.75, 3.05) is 0 Å². The molecule has 0 unspecified atom stereocenters. The Morgan fingerprint density at radius 1 is 1.20 bits per heavy atom. The summed E-state index contributed by atoms with van der Waals surface area (Å²) in [7, 11) is 0. The van der Waals surface area contributed by atoms with Crippen LogP contribution in [-0.2, 0) is 11.2 Å². The summed E-state index contributed by atoms with van der Waals surface area (Å²) < 4.78 is 5.94. The molecule has 1 saturated heterocycles. The van der Waals surface area contributed by atoms with E-state index in [1.807, 2.05) is 0 Å². The molecule has 0 amide bonds. The molecule has 1 aromatic carbocycles. The Bertz CT molecular complexity index is 355. The van der Waals surface area contributed by atoms with Crippen molar-refractivity contribution in [1.29, 1.82) is 0 Å². The standard InChI is InChI=1S/C12H15NO.ClH/c13-11-6-5-9-7-8-3-1-2-4-10(8)12(11)14-9;/h1-4,9,11-12H,5-7,13H2;1H/t9-,11+,12-;/m1./s1. The molecule has 0 spiro atoms. The Kier molecular flexibility index (Phi) is 3.01. The van der Waals surface area contributed by atoms with Crippen LogP contribution in [0.1, 0.15) is 30.1 Å². The number of rotatable bonds is 0. The Hall–Kier alpha value is -0.570. The van der Waals surface area contributed by atoms with Crippen LogP contribution >= 0.6 is 12.4 Å². The van der Waals surface area contributed by atoms with Crippen LogP contribution < -0.4 is 5.73 Å². The van der Waals surface area contributed by atoms with Gasteiger partial charge in [0.15, 0.2) is 0 Å². The van der Waals surface area contributed by atoms with E-state index < -0.39 is 0 Å². The van der Waals surface area contributed by atoms with E-state index in [2.05, 4.69) is 24.3 Å². The summed E-state index contributed by atoms with van der Waals surface area (Å²) in [4.78, 5) is 0. The molecule has 3 atom stereocenters. The van der Waals surface area contributed by atoms with Crippen LogP contribution in [-0.4, -0.2) is 12.1 Å². The summed E-state index contributed by atoms with van der Waals surface area (Å²) >= 11 is 0. The maximum atomic E-state index is 6.08. The molecule has 2 aliphatic rings. The number of hydrogen-bond donors (Lipinski definition) is 1. The summed E-state index contributed by atoms with van der Waals surface area (Å²) in [5.74, 6) is 0. The number of halogens is 1. The Labute approximate surface area is 96.2 Å². The van der Waals surface area contributed by atoms with E-state index in [9.17, 15) is 0 Å². The molecule has 2 nitrogen and oxygen atoms in total. The van der Waals surface area contributed by atoms with Gasteiger partial charge < -0.3 is 10.5 Å². The lowest BCUT2D eigenvalue weighted by molar-refractivity contribution is -0.0730. The third kappa shape index (κ3) is 1.78. The molecule has 0 aromatic heterocycles. The molecule has 2 aliphatic heterocycles. The van der Waals surface area contributed by atoms with Crippen LogP contribution in [0.2, 0.25) is 0 Å². The maximum Gasteiger partial charge on any atom is 0.0982 e. The van der Waals surface area contributed by atoms with Crippen LogP contribution in [0.4, 0.5) is 0 Å². The van der Waals surface area contributed by atoms with Gasteiger partial charge in [0.05, 0.1) is 12.2 Å². The fourth-order valence-corrected chi connectivity index (χ4v) is 2.60. The number of fused-ring (bicyclic) bond motifs is 4. The molecule has 3 rings (SSSR count). The molecule has 1 aromatic rings. The van der Waals surface area contributed by atoms with Gasteiger partial charge in [0.25, 0.3) is 0 Å². The van der Waals surface area contributed by atoms with Crippen molar-refractivity contribution in [3.63, 3.8) is 0 Å². The lowest BCUT2D eigenvalue weighted by atomic mass is 9.84. The maximum absolute atomic E-state index is 6.08. The van der Waals surface area contributed by atoms with Crippen LogP contribution in [0.25, 0.3) is 0 Å². The molecule has 3 heteroatoms. The van der Waals surface area contributed by atoms with Gasteiger partial charge in [0.1, 0.15) is 0 Å². The number of benzene rings is 1. The predicted molar refractivity (Wildman–Crippen MR) is 62.2 cm³/mol. The molecule has 2 bridgehead atoms. The van der Waals surface area contributed by atoms with E-state index in [4.69, 9.17) is 10.5 Å². The van der Waals surface area contributed by atoms with Gasteiger partial charge in [-0.25, -0.2) is 0 Å². The monoisotopic (exact) mass is 225 g/mol. The Balaban J connectivity index is 0.000000853. The van der Waals surface area contributed by atoms with E-state index in [-0.39, 0.29) is 24.6 Å². The van der Waals surface area contributed by atoms with Crippen LogP contribution in [0.3, 0.4) is 0 Å². The van der Waals surface area contributed by atoms with E-state index >= 15 is 0 Å². The van der Waals surface area contributed by atoms with Crippen LogP contribution in [0.15, 0.2) is 24.3 Å². The SMILES string of the molecule is Cl.N[C@H]1CC[C@@H]2Cc3ccccc3[C@H]1O2. The lowest BCUT2D eigenvalue weighted by Gasteiger charge is -2.40. The third-order valence-corrected chi connectivity index (χ3v) is 3.36. The Morgan fingerprint density at radius 2 is 2.00 bits per heavy atom. The van der Waals surface area contributed by atoms with Crippen molar-refractivity contribution in [1.82, 2.24) is 0 Å². The van der Waals surface area contributed by atoms with Gasteiger partial charge >= 0.3 is 0 Å². The Morgan fingerprint density at radius 3 is 2.87 bits per heavy atom. The number of hydrogen-bond acceptors (Lipinski definition) is 2. The average molecular weight is 226 g/mol. The molecule has 0 radical (unpaired) electrons. The first-order chi connectivity index (χ1) is 6.84. The first-order valence-corrected chi connectivity index (χ1v) is 5.33. The van der Waals surface area contributed by atoms with Crippen molar-refractivity contribution in [2.45, 2.75) is 37.5 Å². The van der Waals surface area contributed by atoms with Crippen molar-refractivity contribution in [3.05, 3.63) is 35.4 Å². The fraction of sp³-hybridized carbons (Fsp3) is 0.500. The minimum Gasteiger partial charge on any atom is -0.368 e. The molecule has 1 fully saturated rings. The van der Waals surface area contributed by atoms with E-state index in [0.717, 1.165) is 19.3 Å². The van der Waals surface area contributed by atoms with Gasteiger partial charge in [-0.05, 0) is 30.4 Å². The molecule has 0 saturated carbocycles. The van der Waals surface area contributed by atoms with Crippen LogP contribution in [0.5, 0.6) is 0 Å². The zero-order chi connectivity index (χ0) is 9.54. The zero-order valence-electron chi connectivity index (χ0n) is 8.56. The molecule has 0 aliphatic carbocycles. The van der Waals surface area contributed by atoms with Crippen molar-refractivity contribution >= 4 is 12.4 Å². The van der Waals surface area contributed by atoms with E-state index in [0.29, 0.717) is 6.10 Å².